The zero-order valence-electron chi connectivity index (χ0n) is 14.8. The highest BCUT2D eigenvalue weighted by molar-refractivity contribution is 6.35. The molecule has 1 amide bonds. The molecule has 136 valence electrons. The van der Waals surface area contributed by atoms with Crippen LogP contribution in [0.5, 0.6) is 0 Å². The average Bonchev–Trinajstić information content (AvgIpc) is 3.02. The minimum Gasteiger partial charge on any atom is -0.350 e. The fourth-order valence-electron chi connectivity index (χ4n) is 3.00. The van der Waals surface area contributed by atoms with E-state index in [1.807, 2.05) is 26.8 Å². The van der Waals surface area contributed by atoms with Gasteiger partial charge < -0.3 is 5.32 Å². The molecule has 2 heterocycles. The summed E-state index contributed by atoms with van der Waals surface area (Å²) in [7, 11) is 0. The zero-order valence-corrected chi connectivity index (χ0v) is 16.3. The van der Waals surface area contributed by atoms with E-state index in [9.17, 15) is 4.79 Å². The number of halogens is 2. The third-order valence-corrected chi connectivity index (χ3v) is 4.96. The molecule has 0 saturated carbocycles. The van der Waals surface area contributed by atoms with Crippen molar-refractivity contribution in [3.8, 4) is 0 Å². The van der Waals surface area contributed by atoms with Gasteiger partial charge in [-0.05, 0) is 50.5 Å². The lowest BCUT2D eigenvalue weighted by atomic mass is 10.1. The van der Waals surface area contributed by atoms with Crippen molar-refractivity contribution in [2.45, 2.75) is 39.7 Å². The van der Waals surface area contributed by atoms with Crippen molar-refractivity contribution in [1.82, 2.24) is 24.9 Å². The predicted octanol–water partition coefficient (Wildman–Crippen LogP) is 3.86. The molecule has 8 heteroatoms. The molecule has 1 aromatic carbocycles. The molecule has 0 aliphatic heterocycles. The van der Waals surface area contributed by atoms with Gasteiger partial charge in [-0.3, -0.25) is 4.79 Å². The first kappa shape index (κ1) is 18.6. The summed E-state index contributed by atoms with van der Waals surface area (Å²) in [6.07, 6.45) is 2.40. The lowest BCUT2D eigenvalue weighted by Crippen LogP contribution is -2.27. The number of nitrogens with zero attached hydrogens (tertiary/aromatic N) is 4. The highest BCUT2D eigenvalue weighted by Crippen LogP contribution is 2.26. The number of carbonyl (C=O) groups excluding carboxylic acids is 1. The number of fused-ring (bicyclic) bond motifs is 1. The Bertz CT molecular complexity index is 970. The molecule has 0 radical (unpaired) electrons. The summed E-state index contributed by atoms with van der Waals surface area (Å²) in [5, 5.41) is 8.25. The molecule has 0 saturated heterocycles. The monoisotopic (exact) mass is 391 g/mol. The Morgan fingerprint density at radius 1 is 1.31 bits per heavy atom. The first-order valence-electron chi connectivity index (χ1n) is 8.27. The largest absolute Gasteiger partial charge is 0.350 e. The predicted molar refractivity (Wildman–Crippen MR) is 102 cm³/mol. The van der Waals surface area contributed by atoms with Gasteiger partial charge in [-0.15, -0.1) is 0 Å². The Morgan fingerprint density at radius 2 is 2.08 bits per heavy atom. The zero-order chi connectivity index (χ0) is 18.8. The number of nitrogens with one attached hydrogen (secondary N) is 1. The number of carbonyl (C=O) groups is 1. The van der Waals surface area contributed by atoms with Gasteiger partial charge in [0.25, 0.3) is 5.78 Å². The molecule has 0 bridgehead atoms. The number of hydrogen-bond donors (Lipinski definition) is 1. The van der Waals surface area contributed by atoms with Crippen molar-refractivity contribution in [3.05, 3.63) is 57.1 Å². The van der Waals surface area contributed by atoms with Crippen LogP contribution in [0.25, 0.3) is 5.78 Å². The van der Waals surface area contributed by atoms with Gasteiger partial charge in [0.05, 0.1) is 6.04 Å². The second-order valence-electron chi connectivity index (χ2n) is 6.19. The molecule has 0 aliphatic carbocycles. The van der Waals surface area contributed by atoms with Crippen LogP contribution in [0, 0.1) is 13.8 Å². The van der Waals surface area contributed by atoms with Crippen LogP contribution in [0.1, 0.15) is 41.9 Å². The van der Waals surface area contributed by atoms with Gasteiger partial charge >= 0.3 is 0 Å². The van der Waals surface area contributed by atoms with E-state index in [-0.39, 0.29) is 11.9 Å². The van der Waals surface area contributed by atoms with Gasteiger partial charge in [0.1, 0.15) is 6.33 Å². The summed E-state index contributed by atoms with van der Waals surface area (Å²) < 4.78 is 1.69. The van der Waals surface area contributed by atoms with Crippen molar-refractivity contribution in [3.63, 3.8) is 0 Å². The van der Waals surface area contributed by atoms with Crippen LogP contribution < -0.4 is 5.32 Å². The molecule has 1 unspecified atom stereocenters. The van der Waals surface area contributed by atoms with Crippen molar-refractivity contribution < 1.29 is 4.79 Å². The Hall–Kier alpha value is -2.18. The Balaban J connectivity index is 1.67. The maximum Gasteiger partial charge on any atom is 0.252 e. The Labute approximate surface area is 161 Å². The molecule has 3 aromatic rings. The average molecular weight is 392 g/mol. The summed E-state index contributed by atoms with van der Waals surface area (Å²) >= 11 is 12.1. The van der Waals surface area contributed by atoms with E-state index in [1.54, 1.807) is 16.6 Å². The topological polar surface area (TPSA) is 72.2 Å². The molecular weight excluding hydrogens is 373 g/mol. The third-order valence-electron chi connectivity index (χ3n) is 4.40. The second kappa shape index (κ2) is 7.60. The van der Waals surface area contributed by atoms with Crippen molar-refractivity contribution in [1.29, 1.82) is 0 Å². The number of aryl methyl sites for hydroxylation is 2. The van der Waals surface area contributed by atoms with Gasteiger partial charge in [0.15, 0.2) is 0 Å². The van der Waals surface area contributed by atoms with Crippen molar-refractivity contribution in [2.24, 2.45) is 0 Å². The first-order chi connectivity index (χ1) is 12.4. The van der Waals surface area contributed by atoms with E-state index < -0.39 is 0 Å². The summed E-state index contributed by atoms with van der Waals surface area (Å²) in [4.78, 5) is 20.9. The summed E-state index contributed by atoms with van der Waals surface area (Å²) in [6.45, 7) is 5.78. The number of hydrogen-bond acceptors (Lipinski definition) is 4. The minimum atomic E-state index is -0.203. The van der Waals surface area contributed by atoms with E-state index in [1.165, 1.54) is 6.33 Å². The van der Waals surface area contributed by atoms with Gasteiger partial charge in [-0.2, -0.15) is 10.1 Å². The highest BCUT2D eigenvalue weighted by Gasteiger charge is 2.15. The van der Waals surface area contributed by atoms with E-state index in [2.05, 4.69) is 20.4 Å². The number of amides is 1. The molecule has 1 N–H and O–H groups in total. The molecule has 0 aliphatic rings. The van der Waals surface area contributed by atoms with Crippen LogP contribution in [-0.4, -0.2) is 25.5 Å². The van der Waals surface area contributed by atoms with Gasteiger partial charge in [0, 0.05) is 27.9 Å². The fraction of sp³-hybridized carbons (Fsp3) is 0.333. The first-order valence-corrected chi connectivity index (χ1v) is 9.02. The van der Waals surface area contributed by atoms with E-state index in [0.717, 1.165) is 22.5 Å². The maximum absolute atomic E-state index is 12.4. The second-order valence-corrected chi connectivity index (χ2v) is 7.03. The van der Waals surface area contributed by atoms with Crippen LogP contribution in [0.2, 0.25) is 10.0 Å². The minimum absolute atomic E-state index is 0.0546. The number of aromatic nitrogens is 4. The normalized spacial score (nSPS) is 12.3. The molecule has 2 aromatic heterocycles. The van der Waals surface area contributed by atoms with Crippen LogP contribution in [0.15, 0.2) is 24.5 Å². The smallest absolute Gasteiger partial charge is 0.252 e. The number of benzene rings is 1. The van der Waals surface area contributed by atoms with Crippen molar-refractivity contribution >= 4 is 34.9 Å². The van der Waals surface area contributed by atoms with Crippen LogP contribution in [0.3, 0.4) is 0 Å². The SMILES string of the molecule is Cc1nc2ncnn2c(C)c1CCC(=O)NC(C)c1ccc(Cl)cc1Cl. The quantitative estimate of drug-likeness (QED) is 0.716. The van der Waals surface area contributed by atoms with Gasteiger partial charge in [-0.1, -0.05) is 29.3 Å². The molecule has 0 spiro atoms. The van der Waals surface area contributed by atoms with E-state index in [0.29, 0.717) is 28.7 Å². The standard InChI is InChI=1S/C18H19Cl2N5O/c1-10-14(12(3)25-18(24-10)21-9-22-25)6-7-17(26)23-11(2)15-5-4-13(19)8-16(15)20/h4-5,8-9,11H,6-7H2,1-3H3,(H,23,26). The van der Waals surface area contributed by atoms with Crippen LogP contribution in [0.4, 0.5) is 0 Å². The summed E-state index contributed by atoms with van der Waals surface area (Å²) in [5.74, 6) is 0.514. The van der Waals surface area contributed by atoms with Crippen LogP contribution in [-0.2, 0) is 11.2 Å². The van der Waals surface area contributed by atoms with Crippen LogP contribution >= 0.6 is 23.2 Å². The molecule has 0 fully saturated rings. The summed E-state index contributed by atoms with van der Waals surface area (Å²) in [6, 6.07) is 5.06. The lowest BCUT2D eigenvalue weighted by molar-refractivity contribution is -0.121. The van der Waals surface area contributed by atoms with E-state index in [4.69, 9.17) is 23.2 Å². The third kappa shape index (κ3) is 3.81. The summed E-state index contributed by atoms with van der Waals surface area (Å²) in [5.41, 5.74) is 3.66. The van der Waals surface area contributed by atoms with Crippen molar-refractivity contribution in [2.75, 3.05) is 0 Å². The highest BCUT2D eigenvalue weighted by atomic mass is 35.5. The number of rotatable bonds is 5. The molecule has 6 nitrogen and oxygen atoms in total. The maximum atomic E-state index is 12.4. The van der Waals surface area contributed by atoms with Gasteiger partial charge in [-0.25, -0.2) is 9.50 Å². The lowest BCUT2D eigenvalue weighted by Gasteiger charge is -2.16. The van der Waals surface area contributed by atoms with E-state index >= 15 is 0 Å². The molecule has 1 atom stereocenters. The Morgan fingerprint density at radius 3 is 2.81 bits per heavy atom. The fourth-order valence-corrected chi connectivity index (χ4v) is 3.57. The molecule has 26 heavy (non-hydrogen) atoms. The molecular formula is C18H19Cl2N5O. The Kier molecular flexibility index (Phi) is 5.44. The molecule has 3 rings (SSSR count). The van der Waals surface area contributed by atoms with Gasteiger partial charge in [0.2, 0.25) is 5.91 Å².